The molecular formula is C17H20N4O5S2. The second-order valence-corrected chi connectivity index (χ2v) is 10.0. The van der Waals surface area contributed by atoms with E-state index in [0.717, 1.165) is 5.82 Å². The summed E-state index contributed by atoms with van der Waals surface area (Å²) in [5.41, 5.74) is 0.635. The molecule has 4 rings (SSSR count). The van der Waals surface area contributed by atoms with Crippen molar-refractivity contribution in [3.63, 3.8) is 0 Å². The third kappa shape index (κ3) is 4.25. The van der Waals surface area contributed by atoms with Gasteiger partial charge in [-0.05, 0) is 24.5 Å². The van der Waals surface area contributed by atoms with Crippen LogP contribution in [0, 0.1) is 5.92 Å². The fourth-order valence-corrected chi connectivity index (χ4v) is 5.83. The number of nitrogens with zero attached hydrogens (tertiary/aromatic N) is 3. The third-order valence-electron chi connectivity index (χ3n) is 4.71. The van der Waals surface area contributed by atoms with Crippen molar-refractivity contribution in [1.82, 2.24) is 14.8 Å². The molecule has 0 radical (unpaired) electrons. The van der Waals surface area contributed by atoms with E-state index < -0.39 is 9.84 Å². The largest absolute Gasteiger partial charge is 0.454 e. The molecule has 0 unspecified atom stereocenters. The molecule has 0 bridgehead atoms. The Bertz CT molecular complexity index is 1000. The smallest absolute Gasteiger partial charge is 0.234 e. The Balaban J connectivity index is 1.31. The molecule has 9 nitrogen and oxygen atoms in total. The highest BCUT2D eigenvalue weighted by molar-refractivity contribution is 7.99. The summed E-state index contributed by atoms with van der Waals surface area (Å²) in [6, 6.07) is 5.23. The Morgan fingerprint density at radius 2 is 2.14 bits per heavy atom. The van der Waals surface area contributed by atoms with Crippen LogP contribution >= 0.6 is 11.8 Å². The highest BCUT2D eigenvalue weighted by Gasteiger charge is 2.29. The van der Waals surface area contributed by atoms with Crippen LogP contribution in [0.1, 0.15) is 12.2 Å². The fraction of sp³-hybridized carbons (Fsp3) is 0.471. The molecular weight excluding hydrogens is 404 g/mol. The van der Waals surface area contributed by atoms with Crippen LogP contribution < -0.4 is 14.8 Å². The zero-order chi connectivity index (χ0) is 19.7. The Kier molecular flexibility index (Phi) is 5.19. The van der Waals surface area contributed by atoms with E-state index in [-0.39, 0.29) is 35.9 Å². The summed E-state index contributed by atoms with van der Waals surface area (Å²) >= 11 is 1.28. The Hall–Kier alpha value is -2.27. The van der Waals surface area contributed by atoms with Crippen molar-refractivity contribution >= 4 is 33.2 Å². The highest BCUT2D eigenvalue weighted by Crippen LogP contribution is 2.34. The van der Waals surface area contributed by atoms with Crippen molar-refractivity contribution in [2.75, 3.05) is 29.4 Å². The van der Waals surface area contributed by atoms with Gasteiger partial charge in [0.25, 0.3) is 0 Å². The summed E-state index contributed by atoms with van der Waals surface area (Å²) < 4.78 is 35.6. The normalized spacial score (nSPS) is 19.7. The average Bonchev–Trinajstić information content (AvgIpc) is 3.33. The van der Waals surface area contributed by atoms with Gasteiger partial charge in [-0.15, -0.1) is 10.2 Å². The second-order valence-electron chi connectivity index (χ2n) is 6.84. The number of fused-ring (bicyclic) bond motifs is 1. The number of ether oxygens (including phenoxy) is 2. The molecule has 0 saturated carbocycles. The Morgan fingerprint density at radius 3 is 2.93 bits per heavy atom. The van der Waals surface area contributed by atoms with Gasteiger partial charge in [-0.25, -0.2) is 8.42 Å². The van der Waals surface area contributed by atoms with Crippen molar-refractivity contribution in [3.05, 3.63) is 24.0 Å². The number of nitrogens with one attached hydrogen (secondary N) is 1. The number of amides is 1. The molecule has 1 saturated heterocycles. The van der Waals surface area contributed by atoms with Crippen molar-refractivity contribution in [2.24, 2.45) is 13.0 Å². The predicted octanol–water partition coefficient (Wildman–Crippen LogP) is 1.25. The molecule has 1 aromatic carbocycles. The highest BCUT2D eigenvalue weighted by atomic mass is 32.2. The van der Waals surface area contributed by atoms with Crippen LogP contribution in [-0.4, -0.2) is 53.1 Å². The molecule has 1 fully saturated rings. The van der Waals surface area contributed by atoms with Crippen LogP contribution in [0.4, 0.5) is 5.69 Å². The monoisotopic (exact) mass is 424 g/mol. The quantitative estimate of drug-likeness (QED) is 0.690. The number of carbonyl (C=O) groups is 1. The molecule has 150 valence electrons. The molecule has 11 heteroatoms. The standard InChI is InChI=1S/C17H20N4O5S2/c1-21-15(6-11-4-5-28(23,24)9-11)19-20-17(21)27-8-16(22)18-12-2-3-13-14(7-12)26-10-25-13/h2-3,7,11H,4-6,8-10H2,1H3,(H,18,22)/t11-/m0/s1. The maximum atomic E-state index is 12.2. The molecule has 0 spiro atoms. The minimum atomic E-state index is -2.91. The van der Waals surface area contributed by atoms with Crippen molar-refractivity contribution < 1.29 is 22.7 Å². The van der Waals surface area contributed by atoms with E-state index >= 15 is 0 Å². The maximum Gasteiger partial charge on any atom is 0.234 e. The molecule has 1 amide bonds. The van der Waals surface area contributed by atoms with Gasteiger partial charge in [0.1, 0.15) is 5.82 Å². The van der Waals surface area contributed by atoms with Gasteiger partial charge in [-0.3, -0.25) is 4.79 Å². The number of carbonyl (C=O) groups excluding carboxylic acids is 1. The lowest BCUT2D eigenvalue weighted by Gasteiger charge is -2.08. The zero-order valence-electron chi connectivity index (χ0n) is 15.3. The SMILES string of the molecule is Cn1c(C[C@@H]2CCS(=O)(=O)C2)nnc1SCC(=O)Nc1ccc2c(c1)OCO2. The number of hydrogen-bond acceptors (Lipinski definition) is 8. The molecule has 2 aliphatic rings. The number of thioether (sulfide) groups is 1. The van der Waals surface area contributed by atoms with Crippen LogP contribution in [0.5, 0.6) is 11.5 Å². The first-order valence-electron chi connectivity index (χ1n) is 8.80. The number of rotatable bonds is 6. The third-order valence-corrected chi connectivity index (χ3v) is 7.57. The average molecular weight is 425 g/mol. The van der Waals surface area contributed by atoms with E-state index in [0.29, 0.717) is 35.2 Å². The first-order chi connectivity index (χ1) is 13.4. The lowest BCUT2D eigenvalue weighted by Crippen LogP contribution is -2.14. The van der Waals surface area contributed by atoms with Gasteiger partial charge < -0.3 is 19.4 Å². The molecule has 2 aromatic rings. The van der Waals surface area contributed by atoms with E-state index in [4.69, 9.17) is 9.47 Å². The molecule has 1 atom stereocenters. The van der Waals surface area contributed by atoms with Crippen LogP contribution in [0.2, 0.25) is 0 Å². The summed E-state index contributed by atoms with van der Waals surface area (Å²) in [7, 11) is -1.08. The summed E-state index contributed by atoms with van der Waals surface area (Å²) in [5, 5.41) is 11.7. The van der Waals surface area contributed by atoms with Crippen molar-refractivity contribution in [3.8, 4) is 11.5 Å². The van der Waals surface area contributed by atoms with Gasteiger partial charge in [0.15, 0.2) is 26.5 Å². The fourth-order valence-electron chi connectivity index (χ4n) is 3.24. The molecule has 2 aliphatic heterocycles. The topological polar surface area (TPSA) is 112 Å². The summed E-state index contributed by atoms with van der Waals surface area (Å²) in [4.78, 5) is 12.2. The van der Waals surface area contributed by atoms with Gasteiger partial charge >= 0.3 is 0 Å². The summed E-state index contributed by atoms with van der Waals surface area (Å²) in [5.74, 6) is 2.55. The van der Waals surface area contributed by atoms with Gasteiger partial charge in [-0.2, -0.15) is 0 Å². The summed E-state index contributed by atoms with van der Waals surface area (Å²) in [6.07, 6.45) is 1.24. The van der Waals surface area contributed by atoms with E-state index in [9.17, 15) is 13.2 Å². The molecule has 0 aliphatic carbocycles. The zero-order valence-corrected chi connectivity index (χ0v) is 16.9. The minimum absolute atomic E-state index is 0.0834. The number of anilines is 1. The number of aromatic nitrogens is 3. The Morgan fingerprint density at radius 1 is 1.32 bits per heavy atom. The van der Waals surface area contributed by atoms with Gasteiger partial charge in [0.05, 0.1) is 17.3 Å². The van der Waals surface area contributed by atoms with Gasteiger partial charge in [0, 0.05) is 25.2 Å². The molecule has 28 heavy (non-hydrogen) atoms. The number of hydrogen-bond donors (Lipinski definition) is 1. The molecule has 1 aromatic heterocycles. The van der Waals surface area contributed by atoms with Crippen LogP contribution in [-0.2, 0) is 28.1 Å². The van der Waals surface area contributed by atoms with Crippen LogP contribution in [0.3, 0.4) is 0 Å². The summed E-state index contributed by atoms with van der Waals surface area (Å²) in [6.45, 7) is 0.184. The van der Waals surface area contributed by atoms with Crippen LogP contribution in [0.15, 0.2) is 23.4 Å². The first-order valence-corrected chi connectivity index (χ1v) is 11.6. The lowest BCUT2D eigenvalue weighted by molar-refractivity contribution is -0.113. The van der Waals surface area contributed by atoms with Gasteiger partial charge in [0.2, 0.25) is 12.7 Å². The van der Waals surface area contributed by atoms with Gasteiger partial charge in [-0.1, -0.05) is 11.8 Å². The molecule has 3 heterocycles. The van der Waals surface area contributed by atoms with E-state index in [1.165, 1.54) is 11.8 Å². The predicted molar refractivity (Wildman–Crippen MR) is 103 cm³/mol. The van der Waals surface area contributed by atoms with Crippen molar-refractivity contribution in [1.29, 1.82) is 0 Å². The number of sulfone groups is 1. The van der Waals surface area contributed by atoms with E-state index in [1.54, 1.807) is 18.2 Å². The second kappa shape index (κ2) is 7.63. The lowest BCUT2D eigenvalue weighted by atomic mass is 10.1. The van der Waals surface area contributed by atoms with E-state index in [2.05, 4.69) is 15.5 Å². The van der Waals surface area contributed by atoms with Crippen LogP contribution in [0.25, 0.3) is 0 Å². The Labute approximate surface area is 166 Å². The number of benzene rings is 1. The molecule has 1 N–H and O–H groups in total. The van der Waals surface area contributed by atoms with Crippen molar-refractivity contribution in [2.45, 2.75) is 18.0 Å². The minimum Gasteiger partial charge on any atom is -0.454 e. The first kappa shape index (κ1) is 19.1. The maximum absolute atomic E-state index is 12.2. The van der Waals surface area contributed by atoms with E-state index in [1.807, 2.05) is 11.6 Å².